The molecule has 4 nitrogen and oxygen atoms in total. The number of aromatic nitrogens is 3. The van der Waals surface area contributed by atoms with Crippen molar-refractivity contribution in [2.45, 2.75) is 12.3 Å². The van der Waals surface area contributed by atoms with Crippen LogP contribution >= 0.6 is 0 Å². The van der Waals surface area contributed by atoms with Crippen molar-refractivity contribution in [1.29, 1.82) is 0 Å². The molecule has 4 heteroatoms. The lowest BCUT2D eigenvalue weighted by molar-refractivity contribution is 0.841. The molecule has 1 atom stereocenters. The molecule has 0 saturated carbocycles. The molecule has 0 amide bonds. The fourth-order valence-electron chi connectivity index (χ4n) is 10.4. The zero-order valence-electron chi connectivity index (χ0n) is 35.1. The molecule has 12 aromatic rings. The highest BCUT2D eigenvalue weighted by molar-refractivity contribution is 6.12. The van der Waals surface area contributed by atoms with Crippen LogP contribution in [0.3, 0.4) is 0 Å². The van der Waals surface area contributed by atoms with Crippen LogP contribution in [0.5, 0.6) is 0 Å². The van der Waals surface area contributed by atoms with Gasteiger partial charge in [0.25, 0.3) is 0 Å². The van der Waals surface area contributed by atoms with Crippen molar-refractivity contribution in [2.24, 2.45) is 0 Å². The average Bonchev–Trinajstić information content (AvgIpc) is 4.00. The fraction of sp³-hybridized carbons (Fsp3) is 0.0333. The molecule has 1 unspecified atom stereocenters. The first-order valence-electron chi connectivity index (χ1n) is 22.2. The van der Waals surface area contributed by atoms with E-state index in [4.69, 9.17) is 0 Å². The van der Waals surface area contributed by atoms with Crippen molar-refractivity contribution in [1.82, 2.24) is 13.7 Å². The van der Waals surface area contributed by atoms with Gasteiger partial charge in [-0.2, -0.15) is 0 Å². The minimum atomic E-state index is 0.225. The molecule has 1 aliphatic carbocycles. The molecule has 13 rings (SSSR count). The third-order valence-corrected chi connectivity index (χ3v) is 13.3. The summed E-state index contributed by atoms with van der Waals surface area (Å²) >= 11 is 0. The molecule has 0 spiro atoms. The molecule has 0 saturated heterocycles. The fourth-order valence-corrected chi connectivity index (χ4v) is 10.4. The second-order valence-corrected chi connectivity index (χ2v) is 16.9. The van der Waals surface area contributed by atoms with Crippen LogP contribution in [0, 0.1) is 0 Å². The van der Waals surface area contributed by atoms with Crippen molar-refractivity contribution in [3.63, 3.8) is 0 Å². The topological polar surface area (TPSA) is 18.0 Å². The van der Waals surface area contributed by atoms with Crippen molar-refractivity contribution in [3.05, 3.63) is 248 Å². The van der Waals surface area contributed by atoms with Crippen molar-refractivity contribution in [3.8, 4) is 17.1 Å². The summed E-state index contributed by atoms with van der Waals surface area (Å²) in [5.74, 6) is 0.225. The Morgan fingerprint density at radius 3 is 1.14 bits per heavy atom. The Morgan fingerprint density at radius 1 is 0.344 bits per heavy atom. The van der Waals surface area contributed by atoms with Gasteiger partial charge in [-0.25, -0.2) is 0 Å². The number of para-hydroxylation sites is 6. The number of nitrogens with zero attached hydrogens (tertiary/aromatic N) is 4. The second-order valence-electron chi connectivity index (χ2n) is 16.9. The summed E-state index contributed by atoms with van der Waals surface area (Å²) in [6.45, 7) is 0. The molecule has 0 N–H and O–H groups in total. The monoisotopic (exact) mass is 818 g/mol. The largest absolute Gasteiger partial charge is 0.311 e. The minimum absolute atomic E-state index is 0.225. The summed E-state index contributed by atoms with van der Waals surface area (Å²) in [5.41, 5.74) is 15.4. The van der Waals surface area contributed by atoms with E-state index in [0.717, 1.165) is 34.9 Å². The van der Waals surface area contributed by atoms with Crippen LogP contribution in [0.15, 0.2) is 242 Å². The van der Waals surface area contributed by atoms with E-state index < -0.39 is 0 Å². The van der Waals surface area contributed by atoms with Gasteiger partial charge in [0.05, 0.1) is 33.1 Å². The van der Waals surface area contributed by atoms with E-state index in [1.165, 1.54) is 76.7 Å². The van der Waals surface area contributed by atoms with E-state index in [1.807, 2.05) is 0 Å². The van der Waals surface area contributed by atoms with Gasteiger partial charge in [0.2, 0.25) is 0 Å². The minimum Gasteiger partial charge on any atom is -0.311 e. The summed E-state index contributed by atoms with van der Waals surface area (Å²) in [4.78, 5) is 2.46. The van der Waals surface area contributed by atoms with Crippen molar-refractivity contribution < 1.29 is 0 Å². The van der Waals surface area contributed by atoms with Crippen LogP contribution in [-0.2, 0) is 0 Å². The molecule has 9 aromatic carbocycles. The Bertz CT molecular complexity index is 3650. The van der Waals surface area contributed by atoms with Crippen LogP contribution in [0.2, 0.25) is 0 Å². The number of anilines is 2. The molecule has 3 aromatic heterocycles. The smallest absolute Gasteiger partial charge is 0.0561 e. The normalized spacial score (nSPS) is 14.1. The first kappa shape index (κ1) is 36.3. The molecule has 0 fully saturated rings. The molecule has 0 aliphatic heterocycles. The van der Waals surface area contributed by atoms with E-state index in [9.17, 15) is 0 Å². The quantitative estimate of drug-likeness (QED) is 0.157. The van der Waals surface area contributed by atoms with Gasteiger partial charge in [-0.3, -0.25) is 0 Å². The highest BCUT2D eigenvalue weighted by Crippen LogP contribution is 2.43. The molecular formula is C60H42N4. The summed E-state index contributed by atoms with van der Waals surface area (Å²) in [7, 11) is 0. The lowest BCUT2D eigenvalue weighted by atomic mass is 9.90. The summed E-state index contributed by atoms with van der Waals surface area (Å²) in [5, 5.41) is 7.51. The Morgan fingerprint density at radius 2 is 0.719 bits per heavy atom. The van der Waals surface area contributed by atoms with Gasteiger partial charge in [0.15, 0.2) is 0 Å². The van der Waals surface area contributed by atoms with Gasteiger partial charge in [0.1, 0.15) is 0 Å². The molecular weight excluding hydrogens is 777 g/mol. The van der Waals surface area contributed by atoms with E-state index in [0.29, 0.717) is 0 Å². The molecule has 3 heterocycles. The lowest BCUT2D eigenvalue weighted by Gasteiger charge is -2.29. The zero-order chi connectivity index (χ0) is 42.1. The second kappa shape index (κ2) is 14.6. The number of hydrogen-bond acceptors (Lipinski definition) is 1. The Kier molecular flexibility index (Phi) is 8.31. The number of benzene rings is 9. The van der Waals surface area contributed by atoms with Crippen LogP contribution < -0.4 is 4.90 Å². The Labute approximate surface area is 371 Å². The van der Waals surface area contributed by atoms with Crippen molar-refractivity contribution >= 4 is 76.8 Å². The SMILES string of the molecule is C1=CC(c2ccc3c4ccccc4n(-c4ccccc4)c3c2)CC=C1N(c1ccc2c3ccccc3n(-c3ccccc3)c2c1)c1ccc2c3ccccc3n(-c3ccccc3)c2c1. The van der Waals surface area contributed by atoms with E-state index in [1.54, 1.807) is 0 Å². The van der Waals surface area contributed by atoms with Gasteiger partial charge in [0, 0.05) is 72.4 Å². The molecule has 302 valence electrons. The highest BCUT2D eigenvalue weighted by Gasteiger charge is 2.23. The molecule has 1 aliphatic rings. The number of hydrogen-bond donors (Lipinski definition) is 0. The first-order valence-corrected chi connectivity index (χ1v) is 22.2. The van der Waals surface area contributed by atoms with Crippen LogP contribution in [0.4, 0.5) is 11.4 Å². The zero-order valence-corrected chi connectivity index (χ0v) is 35.1. The standard InChI is InChI=1S/C60H42N4/c1-4-16-43(17-5-1)62-55-25-13-10-22-49(55)52-35-30-42(38-58(52)62)41-28-31-46(32-29-41)61(47-33-36-53-50-23-11-14-26-56(50)63(59(53)39-47)44-18-6-2-7-19-44)48-34-37-54-51-24-12-15-27-57(51)64(60(54)40-48)45-20-8-3-9-21-45/h1-28,30-41H,29H2. The van der Waals surface area contributed by atoms with E-state index in [-0.39, 0.29) is 5.92 Å². The summed E-state index contributed by atoms with van der Waals surface area (Å²) in [6.07, 6.45) is 8.07. The molecule has 64 heavy (non-hydrogen) atoms. The third kappa shape index (κ3) is 5.69. The number of rotatable bonds is 7. The van der Waals surface area contributed by atoms with Gasteiger partial charge in [-0.05, 0) is 103 Å². The predicted octanol–water partition coefficient (Wildman–Crippen LogP) is 15.7. The van der Waals surface area contributed by atoms with Crippen LogP contribution in [0.1, 0.15) is 17.9 Å². The van der Waals surface area contributed by atoms with Gasteiger partial charge in [-0.15, -0.1) is 0 Å². The number of fused-ring (bicyclic) bond motifs is 9. The predicted molar refractivity (Wildman–Crippen MR) is 269 cm³/mol. The average molecular weight is 819 g/mol. The highest BCUT2D eigenvalue weighted by atomic mass is 15.2. The van der Waals surface area contributed by atoms with Crippen molar-refractivity contribution in [2.75, 3.05) is 4.90 Å². The first-order chi connectivity index (χ1) is 31.8. The maximum Gasteiger partial charge on any atom is 0.0561 e. The summed E-state index contributed by atoms with van der Waals surface area (Å²) < 4.78 is 7.24. The van der Waals surface area contributed by atoms with Gasteiger partial charge >= 0.3 is 0 Å². The van der Waals surface area contributed by atoms with E-state index >= 15 is 0 Å². The molecule has 0 bridgehead atoms. The maximum absolute atomic E-state index is 2.46. The third-order valence-electron chi connectivity index (χ3n) is 13.3. The summed E-state index contributed by atoms with van der Waals surface area (Å²) in [6, 6.07) is 79.6. The Hall–Kier alpha value is -8.34. The van der Waals surface area contributed by atoms with Crippen LogP contribution in [0.25, 0.3) is 82.5 Å². The maximum atomic E-state index is 2.46. The van der Waals surface area contributed by atoms with Gasteiger partial charge in [-0.1, -0.05) is 146 Å². The number of allylic oxidation sites excluding steroid dienone is 3. The molecule has 0 radical (unpaired) electrons. The lowest BCUT2D eigenvalue weighted by Crippen LogP contribution is -2.17. The van der Waals surface area contributed by atoms with Gasteiger partial charge < -0.3 is 18.6 Å². The van der Waals surface area contributed by atoms with Crippen LogP contribution in [-0.4, -0.2) is 13.7 Å². The van der Waals surface area contributed by atoms with E-state index in [2.05, 4.69) is 255 Å². The Balaban J connectivity index is 0.977.